The number of nitrogens with one attached hydrogen (secondary N) is 2. The number of aromatic amines is 1. The molecule has 0 unspecified atom stereocenters. The third-order valence-corrected chi connectivity index (χ3v) is 3.38. The number of rotatable bonds is 2. The Labute approximate surface area is 117 Å². The van der Waals surface area contributed by atoms with Crippen molar-refractivity contribution in [3.05, 3.63) is 11.4 Å². The van der Waals surface area contributed by atoms with Crippen LogP contribution in [-0.4, -0.2) is 64.7 Å². The summed E-state index contributed by atoms with van der Waals surface area (Å²) in [6.45, 7) is 6.25. The van der Waals surface area contributed by atoms with Crippen LogP contribution >= 0.6 is 0 Å². The molecule has 0 bridgehead atoms. The topological polar surface area (TPSA) is 107 Å². The van der Waals surface area contributed by atoms with Crippen molar-refractivity contribution in [1.82, 2.24) is 25.3 Å². The Bertz CT molecular complexity index is 504. The maximum absolute atomic E-state index is 12.3. The van der Waals surface area contributed by atoms with Crippen molar-refractivity contribution in [3.8, 4) is 0 Å². The van der Waals surface area contributed by atoms with E-state index in [-0.39, 0.29) is 17.6 Å². The van der Waals surface area contributed by atoms with E-state index < -0.39 is 0 Å². The van der Waals surface area contributed by atoms with Crippen LogP contribution in [0.3, 0.4) is 0 Å². The Morgan fingerprint density at radius 3 is 2.40 bits per heavy atom. The zero-order valence-corrected chi connectivity index (χ0v) is 11.8. The summed E-state index contributed by atoms with van der Waals surface area (Å²) in [4.78, 5) is 27.3. The van der Waals surface area contributed by atoms with Gasteiger partial charge in [0.15, 0.2) is 5.69 Å². The number of carbonyl (C=O) groups excluding carboxylic acids is 2. The van der Waals surface area contributed by atoms with Crippen LogP contribution in [0.4, 0.5) is 10.5 Å². The zero-order chi connectivity index (χ0) is 14.7. The zero-order valence-electron chi connectivity index (χ0n) is 11.8. The van der Waals surface area contributed by atoms with E-state index in [1.54, 1.807) is 16.7 Å². The minimum absolute atomic E-state index is 0.0882. The van der Waals surface area contributed by atoms with Crippen LogP contribution in [0.1, 0.15) is 23.1 Å². The molecule has 1 aromatic rings. The second-order valence-corrected chi connectivity index (χ2v) is 4.73. The molecule has 2 heterocycles. The molecule has 1 aromatic heterocycles. The highest BCUT2D eigenvalue weighted by molar-refractivity contribution is 5.97. The van der Waals surface area contributed by atoms with Gasteiger partial charge in [0.25, 0.3) is 5.91 Å². The number of aromatic nitrogens is 2. The van der Waals surface area contributed by atoms with Crippen molar-refractivity contribution >= 4 is 17.6 Å². The maximum atomic E-state index is 12.3. The predicted molar refractivity (Wildman–Crippen MR) is 74.3 cm³/mol. The molecule has 8 nitrogen and oxygen atoms in total. The fourth-order valence-electron chi connectivity index (χ4n) is 2.13. The van der Waals surface area contributed by atoms with Gasteiger partial charge in [0.2, 0.25) is 0 Å². The molecule has 1 aliphatic heterocycles. The number of urea groups is 1. The Morgan fingerprint density at radius 2 is 1.90 bits per heavy atom. The maximum Gasteiger partial charge on any atom is 0.317 e. The first kappa shape index (κ1) is 14.2. The fourth-order valence-corrected chi connectivity index (χ4v) is 2.13. The van der Waals surface area contributed by atoms with Crippen molar-refractivity contribution in [2.45, 2.75) is 13.8 Å². The number of aryl methyl sites for hydroxylation is 1. The van der Waals surface area contributed by atoms with E-state index in [1.165, 1.54) is 0 Å². The van der Waals surface area contributed by atoms with Gasteiger partial charge in [-0.15, -0.1) is 0 Å². The number of anilines is 1. The number of carbonyl (C=O) groups is 2. The van der Waals surface area contributed by atoms with Crippen LogP contribution in [0.15, 0.2) is 0 Å². The summed E-state index contributed by atoms with van der Waals surface area (Å²) in [6.07, 6.45) is 0. The summed E-state index contributed by atoms with van der Waals surface area (Å²) in [7, 11) is 0. The molecule has 0 atom stereocenters. The van der Waals surface area contributed by atoms with Gasteiger partial charge in [0.1, 0.15) is 0 Å². The summed E-state index contributed by atoms with van der Waals surface area (Å²) in [5.41, 5.74) is 7.15. The van der Waals surface area contributed by atoms with Crippen LogP contribution in [0.5, 0.6) is 0 Å². The molecule has 1 saturated heterocycles. The molecule has 4 N–H and O–H groups in total. The molecular weight excluding hydrogens is 260 g/mol. The standard InChI is InChI=1S/C12H20N6O2/c1-3-14-12(20)18-6-4-17(5-7-18)11(19)10-9(13)8(2)15-16-10/h3-7,13H2,1-2H3,(H,14,20)(H,15,16). The number of nitrogen functional groups attached to an aromatic ring is 1. The predicted octanol–water partition coefficient (Wildman–Crippen LogP) is -0.212. The highest BCUT2D eigenvalue weighted by Gasteiger charge is 2.27. The number of hydrogen-bond donors (Lipinski definition) is 3. The molecular formula is C12H20N6O2. The van der Waals surface area contributed by atoms with Gasteiger partial charge in [0.05, 0.1) is 11.4 Å². The van der Waals surface area contributed by atoms with Crippen molar-refractivity contribution in [1.29, 1.82) is 0 Å². The molecule has 0 radical (unpaired) electrons. The Kier molecular flexibility index (Phi) is 4.11. The van der Waals surface area contributed by atoms with E-state index in [9.17, 15) is 9.59 Å². The molecule has 20 heavy (non-hydrogen) atoms. The van der Waals surface area contributed by atoms with Gasteiger partial charge in [0, 0.05) is 32.7 Å². The van der Waals surface area contributed by atoms with Gasteiger partial charge in [-0.2, -0.15) is 5.10 Å². The van der Waals surface area contributed by atoms with Gasteiger partial charge in [-0.3, -0.25) is 9.89 Å². The van der Waals surface area contributed by atoms with E-state index in [2.05, 4.69) is 15.5 Å². The summed E-state index contributed by atoms with van der Waals surface area (Å²) in [5, 5.41) is 9.39. The largest absolute Gasteiger partial charge is 0.395 e. The van der Waals surface area contributed by atoms with Crippen molar-refractivity contribution in [3.63, 3.8) is 0 Å². The van der Waals surface area contributed by atoms with E-state index in [0.717, 1.165) is 0 Å². The fraction of sp³-hybridized carbons (Fsp3) is 0.583. The average molecular weight is 280 g/mol. The molecule has 0 aliphatic carbocycles. The first-order chi connectivity index (χ1) is 9.54. The lowest BCUT2D eigenvalue weighted by molar-refractivity contribution is 0.0660. The molecule has 0 saturated carbocycles. The number of piperazine rings is 1. The second kappa shape index (κ2) is 5.81. The van der Waals surface area contributed by atoms with Gasteiger partial charge < -0.3 is 20.9 Å². The van der Waals surface area contributed by atoms with Crippen molar-refractivity contribution < 1.29 is 9.59 Å². The lowest BCUT2D eigenvalue weighted by Gasteiger charge is -2.34. The SMILES string of the molecule is CCNC(=O)N1CCN(C(=O)c2n[nH]c(C)c2N)CC1. The lowest BCUT2D eigenvalue weighted by atomic mass is 10.2. The second-order valence-electron chi connectivity index (χ2n) is 4.73. The van der Waals surface area contributed by atoms with Crippen LogP contribution in [0, 0.1) is 6.92 Å². The summed E-state index contributed by atoms with van der Waals surface area (Å²) < 4.78 is 0. The number of amides is 3. The third-order valence-electron chi connectivity index (χ3n) is 3.38. The summed E-state index contributed by atoms with van der Waals surface area (Å²) in [6, 6.07) is -0.0882. The molecule has 8 heteroatoms. The van der Waals surface area contributed by atoms with Crippen molar-refractivity contribution in [2.75, 3.05) is 38.5 Å². The molecule has 3 amide bonds. The van der Waals surface area contributed by atoms with Crippen LogP contribution < -0.4 is 11.1 Å². The molecule has 0 spiro atoms. The van der Waals surface area contributed by atoms with Gasteiger partial charge in [-0.25, -0.2) is 4.79 Å². The van der Waals surface area contributed by atoms with E-state index >= 15 is 0 Å². The molecule has 1 fully saturated rings. The molecule has 110 valence electrons. The van der Waals surface area contributed by atoms with Gasteiger partial charge in [-0.05, 0) is 13.8 Å². The van der Waals surface area contributed by atoms with Gasteiger partial charge >= 0.3 is 6.03 Å². The van der Waals surface area contributed by atoms with Crippen molar-refractivity contribution in [2.24, 2.45) is 0 Å². The first-order valence-corrected chi connectivity index (χ1v) is 6.67. The first-order valence-electron chi connectivity index (χ1n) is 6.67. The van der Waals surface area contributed by atoms with E-state index in [1.807, 2.05) is 6.92 Å². The smallest absolute Gasteiger partial charge is 0.317 e. The number of H-pyrrole nitrogens is 1. The van der Waals surface area contributed by atoms with E-state index in [0.29, 0.717) is 44.1 Å². The van der Waals surface area contributed by atoms with E-state index in [4.69, 9.17) is 5.73 Å². The van der Waals surface area contributed by atoms with Crippen LogP contribution in [-0.2, 0) is 0 Å². The Morgan fingerprint density at radius 1 is 1.30 bits per heavy atom. The number of hydrogen-bond acceptors (Lipinski definition) is 4. The van der Waals surface area contributed by atoms with Crippen LogP contribution in [0.2, 0.25) is 0 Å². The number of nitrogens with two attached hydrogens (primary N) is 1. The highest BCUT2D eigenvalue weighted by atomic mass is 16.2. The minimum atomic E-state index is -0.192. The highest BCUT2D eigenvalue weighted by Crippen LogP contribution is 2.16. The Hall–Kier alpha value is -2.25. The molecule has 1 aliphatic rings. The quantitative estimate of drug-likeness (QED) is 0.696. The van der Waals surface area contributed by atoms with Crippen LogP contribution in [0.25, 0.3) is 0 Å². The average Bonchev–Trinajstić information content (AvgIpc) is 2.79. The molecule has 2 rings (SSSR count). The Balaban J connectivity index is 1.95. The third kappa shape index (κ3) is 2.68. The lowest BCUT2D eigenvalue weighted by Crippen LogP contribution is -2.53. The normalized spacial score (nSPS) is 15.3. The van der Waals surface area contributed by atoms with Gasteiger partial charge in [-0.1, -0.05) is 0 Å². The summed E-state index contributed by atoms with van der Waals surface area (Å²) in [5.74, 6) is -0.192. The molecule has 0 aromatic carbocycles. The minimum Gasteiger partial charge on any atom is -0.395 e. The monoisotopic (exact) mass is 280 g/mol. The summed E-state index contributed by atoms with van der Waals surface area (Å²) >= 11 is 0. The number of nitrogens with zero attached hydrogens (tertiary/aromatic N) is 3.